The van der Waals surface area contributed by atoms with Crippen LogP contribution in [0, 0.1) is 0 Å². The molecule has 82 valence electrons. The van der Waals surface area contributed by atoms with E-state index >= 15 is 0 Å². The van der Waals surface area contributed by atoms with Crippen molar-refractivity contribution in [3.8, 4) is 0 Å². The highest BCUT2D eigenvalue weighted by Crippen LogP contribution is 2.14. The van der Waals surface area contributed by atoms with Crippen LogP contribution in [0.4, 0.5) is 0 Å². The summed E-state index contributed by atoms with van der Waals surface area (Å²) in [6.45, 7) is 9.21. The van der Waals surface area contributed by atoms with E-state index in [0.29, 0.717) is 5.57 Å². The third kappa shape index (κ3) is 3.94. The molecule has 3 nitrogen and oxygen atoms in total. The topological polar surface area (TPSA) is 46.2 Å². The quantitative estimate of drug-likeness (QED) is 0.557. The summed E-state index contributed by atoms with van der Waals surface area (Å²) in [4.78, 5) is 22.1. The molecule has 0 aliphatic carbocycles. The molecule has 0 atom stereocenters. The van der Waals surface area contributed by atoms with Crippen LogP contribution in [0.3, 0.4) is 0 Å². The molecule has 0 bridgehead atoms. The predicted octanol–water partition coefficient (Wildman–Crippen LogP) is 2.12. The van der Waals surface area contributed by atoms with E-state index in [4.69, 9.17) is 0 Å². The Labute approximate surface area is 90.6 Å². The molecule has 0 unspecified atom stereocenters. The van der Waals surface area contributed by atoms with Crippen molar-refractivity contribution in [1.82, 2.24) is 5.32 Å². The smallest absolute Gasteiger partial charge is 0.253 e. The Hall–Kier alpha value is -1.64. The van der Waals surface area contributed by atoms with Gasteiger partial charge in [-0.15, -0.1) is 0 Å². The Bertz CT molecular complexity index is 325. The lowest BCUT2D eigenvalue weighted by Crippen LogP contribution is -2.35. The largest absolute Gasteiger partial charge is 0.292 e. The van der Waals surface area contributed by atoms with Gasteiger partial charge in [-0.3, -0.25) is 14.9 Å². The Morgan fingerprint density at radius 2 is 1.93 bits per heavy atom. The van der Waals surface area contributed by atoms with Crippen molar-refractivity contribution in [1.29, 1.82) is 0 Å². The van der Waals surface area contributed by atoms with Gasteiger partial charge in [0.05, 0.1) is 6.42 Å². The zero-order valence-corrected chi connectivity index (χ0v) is 9.46. The van der Waals surface area contributed by atoms with E-state index < -0.39 is 0 Å². The van der Waals surface area contributed by atoms with Crippen LogP contribution in [0.5, 0.6) is 0 Å². The summed E-state index contributed by atoms with van der Waals surface area (Å²) in [5.74, 6) is -0.556. The molecule has 3 heteroatoms. The van der Waals surface area contributed by atoms with Crippen molar-refractivity contribution in [2.75, 3.05) is 0 Å². The van der Waals surface area contributed by atoms with Crippen LogP contribution in [0.25, 0.3) is 0 Å². The zero-order valence-electron chi connectivity index (χ0n) is 9.46. The summed E-state index contributed by atoms with van der Waals surface area (Å²) >= 11 is 0. The molecule has 0 aromatic carbocycles. The van der Waals surface area contributed by atoms with Gasteiger partial charge in [0, 0.05) is 5.57 Å². The van der Waals surface area contributed by atoms with Gasteiger partial charge in [-0.1, -0.05) is 38.7 Å². The first-order valence-corrected chi connectivity index (χ1v) is 4.98. The zero-order chi connectivity index (χ0) is 11.8. The Kier molecular flexibility index (Phi) is 6.02. The SMILES string of the molecule is C=C/C=C\C1=C(C)C(=O)NC(=O)C1.CC. The Morgan fingerprint density at radius 3 is 2.47 bits per heavy atom. The maximum Gasteiger partial charge on any atom is 0.253 e. The van der Waals surface area contributed by atoms with Crippen molar-refractivity contribution in [2.24, 2.45) is 0 Å². The second-order valence-corrected chi connectivity index (χ2v) is 2.80. The van der Waals surface area contributed by atoms with E-state index in [1.165, 1.54) is 0 Å². The first kappa shape index (κ1) is 13.4. The van der Waals surface area contributed by atoms with E-state index in [0.717, 1.165) is 5.57 Å². The second-order valence-electron chi connectivity index (χ2n) is 2.80. The monoisotopic (exact) mass is 207 g/mol. The minimum absolute atomic E-state index is 0.251. The second kappa shape index (κ2) is 6.76. The molecular weight excluding hydrogens is 190 g/mol. The minimum Gasteiger partial charge on any atom is -0.292 e. The van der Waals surface area contributed by atoms with E-state index in [2.05, 4.69) is 11.9 Å². The molecule has 0 radical (unpaired) electrons. The number of allylic oxidation sites excluding steroid dienone is 3. The summed E-state index contributed by atoms with van der Waals surface area (Å²) in [6, 6.07) is 0. The summed E-state index contributed by atoms with van der Waals surface area (Å²) < 4.78 is 0. The number of amides is 2. The van der Waals surface area contributed by atoms with Gasteiger partial charge in [0.25, 0.3) is 5.91 Å². The lowest BCUT2D eigenvalue weighted by atomic mass is 10.0. The number of hydrogen-bond donors (Lipinski definition) is 1. The number of imide groups is 1. The highest BCUT2D eigenvalue weighted by molar-refractivity contribution is 6.08. The fraction of sp³-hybridized carbons (Fsp3) is 0.333. The van der Waals surface area contributed by atoms with Crippen LogP contribution < -0.4 is 5.32 Å². The van der Waals surface area contributed by atoms with E-state index in [-0.39, 0.29) is 18.2 Å². The van der Waals surface area contributed by atoms with Gasteiger partial charge in [0.2, 0.25) is 5.91 Å². The standard InChI is InChI=1S/C10H11NO2.C2H6/c1-3-4-5-8-6-9(12)11-10(13)7(8)2;1-2/h3-5H,1,6H2,2H3,(H,11,12,13);1-2H3/b5-4-;. The summed E-state index contributed by atoms with van der Waals surface area (Å²) in [7, 11) is 0. The highest BCUT2D eigenvalue weighted by Gasteiger charge is 2.19. The summed E-state index contributed by atoms with van der Waals surface area (Å²) in [6.07, 6.45) is 5.32. The first-order chi connectivity index (χ1) is 7.15. The van der Waals surface area contributed by atoms with Crippen molar-refractivity contribution in [3.05, 3.63) is 36.0 Å². The average molecular weight is 207 g/mol. The molecule has 1 heterocycles. The minimum atomic E-state index is -0.306. The number of rotatable bonds is 2. The number of hydrogen-bond acceptors (Lipinski definition) is 2. The average Bonchev–Trinajstić information content (AvgIpc) is 2.24. The number of carbonyl (C=O) groups is 2. The Morgan fingerprint density at radius 1 is 1.33 bits per heavy atom. The van der Waals surface area contributed by atoms with Gasteiger partial charge in [-0.25, -0.2) is 0 Å². The number of nitrogens with one attached hydrogen (secondary N) is 1. The molecule has 15 heavy (non-hydrogen) atoms. The number of carbonyl (C=O) groups excluding carboxylic acids is 2. The third-order valence-electron chi connectivity index (χ3n) is 1.86. The van der Waals surface area contributed by atoms with Crippen LogP contribution >= 0.6 is 0 Å². The van der Waals surface area contributed by atoms with Crippen molar-refractivity contribution in [2.45, 2.75) is 27.2 Å². The maximum absolute atomic E-state index is 11.1. The molecule has 0 aromatic rings. The van der Waals surface area contributed by atoms with Crippen LogP contribution in [0.2, 0.25) is 0 Å². The van der Waals surface area contributed by atoms with Crippen LogP contribution in [-0.4, -0.2) is 11.8 Å². The fourth-order valence-electron chi connectivity index (χ4n) is 1.08. The van der Waals surface area contributed by atoms with Gasteiger partial charge in [-0.2, -0.15) is 0 Å². The predicted molar refractivity (Wildman–Crippen MR) is 61.2 cm³/mol. The van der Waals surface area contributed by atoms with E-state index in [1.807, 2.05) is 13.8 Å². The van der Waals surface area contributed by atoms with Crippen molar-refractivity contribution >= 4 is 11.8 Å². The molecule has 2 amide bonds. The molecule has 0 saturated carbocycles. The first-order valence-electron chi connectivity index (χ1n) is 4.98. The molecule has 0 aromatic heterocycles. The molecule has 0 spiro atoms. The van der Waals surface area contributed by atoms with Crippen molar-refractivity contribution in [3.63, 3.8) is 0 Å². The lowest BCUT2D eigenvalue weighted by molar-refractivity contribution is -0.128. The van der Waals surface area contributed by atoms with Crippen LogP contribution in [0.15, 0.2) is 36.0 Å². The highest BCUT2D eigenvalue weighted by atomic mass is 16.2. The fourth-order valence-corrected chi connectivity index (χ4v) is 1.08. The molecule has 0 saturated heterocycles. The third-order valence-corrected chi connectivity index (χ3v) is 1.86. The van der Waals surface area contributed by atoms with Crippen LogP contribution in [0.1, 0.15) is 27.2 Å². The van der Waals surface area contributed by atoms with Gasteiger partial charge in [-0.05, 0) is 12.5 Å². The molecular formula is C12H17NO2. The molecule has 0 fully saturated rings. The van der Waals surface area contributed by atoms with Crippen molar-refractivity contribution < 1.29 is 9.59 Å². The summed E-state index contributed by atoms with van der Waals surface area (Å²) in [5.41, 5.74) is 1.35. The normalized spacial score (nSPS) is 15.9. The van der Waals surface area contributed by atoms with E-state index in [9.17, 15) is 9.59 Å². The van der Waals surface area contributed by atoms with E-state index in [1.54, 1.807) is 25.2 Å². The molecule has 1 aliphatic heterocycles. The van der Waals surface area contributed by atoms with Crippen LogP contribution in [-0.2, 0) is 9.59 Å². The van der Waals surface area contributed by atoms with Gasteiger partial charge in [0.1, 0.15) is 0 Å². The van der Waals surface area contributed by atoms with Gasteiger partial charge < -0.3 is 0 Å². The maximum atomic E-state index is 11.1. The molecule has 1 rings (SSSR count). The van der Waals surface area contributed by atoms with Gasteiger partial charge in [0.15, 0.2) is 0 Å². The molecule has 1 aliphatic rings. The Balaban J connectivity index is 0.000000921. The molecule has 1 N–H and O–H groups in total. The summed E-state index contributed by atoms with van der Waals surface area (Å²) in [5, 5.41) is 2.24. The lowest BCUT2D eigenvalue weighted by Gasteiger charge is -2.13. The van der Waals surface area contributed by atoms with Gasteiger partial charge >= 0.3 is 0 Å².